The number of hydrogen-bond donors (Lipinski definition) is 1. The van der Waals surface area contributed by atoms with Gasteiger partial charge in [0.25, 0.3) is 0 Å². The van der Waals surface area contributed by atoms with E-state index in [0.29, 0.717) is 0 Å². The van der Waals surface area contributed by atoms with Gasteiger partial charge in [0, 0.05) is 32.1 Å². The summed E-state index contributed by atoms with van der Waals surface area (Å²) in [6.07, 6.45) is 4.81. The molecule has 3 nitrogen and oxygen atoms in total. The largest absolute Gasteiger partial charge is 0.355 e. The number of likely N-dealkylation sites (tertiary alicyclic amines) is 1. The summed E-state index contributed by atoms with van der Waals surface area (Å²) < 4.78 is 13.1. The Labute approximate surface area is 155 Å². The van der Waals surface area contributed by atoms with E-state index in [2.05, 4.69) is 22.1 Å². The highest BCUT2D eigenvalue weighted by Crippen LogP contribution is 2.47. The van der Waals surface area contributed by atoms with Crippen LogP contribution in [0.3, 0.4) is 0 Å². The van der Waals surface area contributed by atoms with E-state index >= 15 is 0 Å². The molecule has 5 heteroatoms. The van der Waals surface area contributed by atoms with Crippen LogP contribution in [-0.4, -0.2) is 37.5 Å². The van der Waals surface area contributed by atoms with E-state index in [1.54, 1.807) is 12.1 Å². The first-order chi connectivity index (χ1) is 10.6. The lowest BCUT2D eigenvalue weighted by molar-refractivity contribution is 0.273. The minimum atomic E-state index is -0.161. The van der Waals surface area contributed by atoms with Crippen LogP contribution in [0, 0.1) is 11.7 Å². The molecule has 0 unspecified atom stereocenters. The molecular formula is C18H27FIN3. The summed E-state index contributed by atoms with van der Waals surface area (Å²) in [5.41, 5.74) is 1.41. The van der Waals surface area contributed by atoms with Crippen molar-refractivity contribution in [1.29, 1.82) is 0 Å². The van der Waals surface area contributed by atoms with Crippen LogP contribution < -0.4 is 5.32 Å². The Morgan fingerprint density at radius 3 is 2.39 bits per heavy atom. The molecule has 0 aromatic heterocycles. The Morgan fingerprint density at radius 2 is 1.87 bits per heavy atom. The van der Waals surface area contributed by atoms with Crippen LogP contribution in [0.4, 0.5) is 4.39 Å². The van der Waals surface area contributed by atoms with Crippen molar-refractivity contribution in [2.45, 2.75) is 38.0 Å². The highest BCUT2D eigenvalue weighted by Gasteiger charge is 2.44. The highest BCUT2D eigenvalue weighted by atomic mass is 127. The molecule has 1 saturated carbocycles. The van der Waals surface area contributed by atoms with Crippen molar-refractivity contribution >= 4 is 29.9 Å². The fourth-order valence-electron chi connectivity index (χ4n) is 3.32. The Morgan fingerprint density at radius 1 is 1.26 bits per heavy atom. The maximum Gasteiger partial charge on any atom is 0.193 e. The van der Waals surface area contributed by atoms with Crippen molar-refractivity contribution in [1.82, 2.24) is 10.2 Å². The number of nitrogens with one attached hydrogen (secondary N) is 1. The predicted octanol–water partition coefficient (Wildman–Crippen LogP) is 3.78. The van der Waals surface area contributed by atoms with Crippen LogP contribution in [0.25, 0.3) is 0 Å². The van der Waals surface area contributed by atoms with Gasteiger partial charge in [-0.1, -0.05) is 19.1 Å². The number of halogens is 2. The van der Waals surface area contributed by atoms with Gasteiger partial charge in [0.1, 0.15) is 5.82 Å². The second kappa shape index (κ2) is 7.81. The molecule has 0 atom stereocenters. The lowest BCUT2D eigenvalue weighted by Gasteiger charge is -2.33. The summed E-state index contributed by atoms with van der Waals surface area (Å²) in [7, 11) is 1.86. The molecule has 0 radical (unpaired) electrons. The van der Waals surface area contributed by atoms with Crippen molar-refractivity contribution in [3.8, 4) is 0 Å². The minimum absolute atomic E-state index is 0. The maximum atomic E-state index is 13.1. The van der Waals surface area contributed by atoms with Gasteiger partial charge in [-0.15, -0.1) is 24.0 Å². The van der Waals surface area contributed by atoms with Crippen LogP contribution in [-0.2, 0) is 5.41 Å². The quantitative estimate of drug-likeness (QED) is 0.448. The molecule has 1 aliphatic carbocycles. The molecule has 2 aliphatic rings. The topological polar surface area (TPSA) is 27.6 Å². The number of rotatable bonds is 3. The number of nitrogens with zero attached hydrogens (tertiary/aromatic N) is 2. The summed E-state index contributed by atoms with van der Waals surface area (Å²) in [4.78, 5) is 6.81. The maximum absolute atomic E-state index is 13.1. The molecule has 0 spiro atoms. The van der Waals surface area contributed by atoms with Crippen LogP contribution in [0.2, 0.25) is 0 Å². The van der Waals surface area contributed by atoms with Gasteiger partial charge in [-0.2, -0.15) is 0 Å². The third-order valence-electron chi connectivity index (χ3n) is 5.19. The lowest BCUT2D eigenvalue weighted by atomic mass is 9.96. The summed E-state index contributed by atoms with van der Waals surface area (Å²) in [6.45, 7) is 5.38. The van der Waals surface area contributed by atoms with Crippen LogP contribution in [0.1, 0.15) is 38.2 Å². The van der Waals surface area contributed by atoms with Gasteiger partial charge in [-0.3, -0.25) is 4.99 Å². The summed E-state index contributed by atoms with van der Waals surface area (Å²) >= 11 is 0. The summed E-state index contributed by atoms with van der Waals surface area (Å²) in [6, 6.07) is 6.98. The molecule has 1 aliphatic heterocycles. The lowest BCUT2D eigenvalue weighted by Crippen LogP contribution is -2.47. The average molecular weight is 431 g/mol. The number of hydrogen-bond acceptors (Lipinski definition) is 1. The van der Waals surface area contributed by atoms with E-state index in [4.69, 9.17) is 0 Å². The number of aliphatic imine (C=N–C) groups is 1. The predicted molar refractivity (Wildman–Crippen MR) is 104 cm³/mol. The van der Waals surface area contributed by atoms with Gasteiger partial charge in [0.15, 0.2) is 5.96 Å². The SMILES string of the molecule is CN=C(NCC1(c2ccc(F)cc2)CC1)N1CCC(C)CC1.I. The van der Waals surface area contributed by atoms with Gasteiger partial charge in [-0.05, 0) is 49.3 Å². The average Bonchev–Trinajstić information content (AvgIpc) is 3.31. The number of benzene rings is 1. The Balaban J connectivity index is 0.00000192. The fraction of sp³-hybridized carbons (Fsp3) is 0.611. The molecule has 2 fully saturated rings. The standard InChI is InChI=1S/C18H26FN3.HI/c1-14-7-11-22(12-8-14)17(20-2)21-13-18(9-10-18)15-3-5-16(19)6-4-15;/h3-6,14H,7-13H2,1-2H3,(H,20,21);1H. The van der Waals surface area contributed by atoms with Crippen LogP contribution in [0.15, 0.2) is 29.3 Å². The Hall–Kier alpha value is -0.850. The van der Waals surface area contributed by atoms with E-state index < -0.39 is 0 Å². The molecule has 23 heavy (non-hydrogen) atoms. The first-order valence-electron chi connectivity index (χ1n) is 8.35. The van der Waals surface area contributed by atoms with Gasteiger partial charge in [0.05, 0.1) is 0 Å². The smallest absolute Gasteiger partial charge is 0.193 e. The summed E-state index contributed by atoms with van der Waals surface area (Å²) in [5, 5.41) is 3.55. The zero-order valence-electron chi connectivity index (χ0n) is 14.0. The zero-order chi connectivity index (χ0) is 15.6. The van der Waals surface area contributed by atoms with Crippen molar-refractivity contribution in [3.05, 3.63) is 35.6 Å². The van der Waals surface area contributed by atoms with Crippen molar-refractivity contribution < 1.29 is 4.39 Å². The molecule has 1 aromatic rings. The van der Waals surface area contributed by atoms with Crippen LogP contribution >= 0.6 is 24.0 Å². The van der Waals surface area contributed by atoms with Crippen molar-refractivity contribution in [2.75, 3.05) is 26.7 Å². The number of guanidine groups is 1. The third-order valence-corrected chi connectivity index (χ3v) is 5.19. The second-order valence-corrected chi connectivity index (χ2v) is 6.86. The van der Waals surface area contributed by atoms with Gasteiger partial charge in [0.2, 0.25) is 0 Å². The molecular weight excluding hydrogens is 404 g/mol. The molecule has 1 heterocycles. The zero-order valence-corrected chi connectivity index (χ0v) is 16.3. The minimum Gasteiger partial charge on any atom is -0.355 e. The third kappa shape index (κ3) is 4.37. The Kier molecular flexibility index (Phi) is 6.28. The molecule has 128 valence electrons. The highest BCUT2D eigenvalue weighted by molar-refractivity contribution is 14.0. The van der Waals surface area contributed by atoms with E-state index in [1.807, 2.05) is 19.2 Å². The van der Waals surface area contributed by atoms with Gasteiger partial charge >= 0.3 is 0 Å². The second-order valence-electron chi connectivity index (χ2n) is 6.86. The van der Waals surface area contributed by atoms with Crippen LogP contribution in [0.5, 0.6) is 0 Å². The molecule has 3 rings (SSSR count). The molecule has 1 aromatic carbocycles. The fourth-order valence-corrected chi connectivity index (χ4v) is 3.32. The van der Waals surface area contributed by atoms with E-state index in [0.717, 1.165) is 31.5 Å². The van der Waals surface area contributed by atoms with Gasteiger partial charge in [-0.25, -0.2) is 4.39 Å². The monoisotopic (exact) mass is 431 g/mol. The number of piperidine rings is 1. The van der Waals surface area contributed by atoms with E-state index in [-0.39, 0.29) is 35.2 Å². The normalized spacial score (nSPS) is 20.8. The molecule has 1 N–H and O–H groups in total. The first-order valence-corrected chi connectivity index (χ1v) is 8.35. The van der Waals surface area contributed by atoms with Crippen molar-refractivity contribution in [2.24, 2.45) is 10.9 Å². The van der Waals surface area contributed by atoms with Crippen molar-refractivity contribution in [3.63, 3.8) is 0 Å². The molecule has 1 saturated heterocycles. The van der Waals surface area contributed by atoms with Gasteiger partial charge < -0.3 is 10.2 Å². The first kappa shape index (κ1) is 18.5. The van der Waals surface area contributed by atoms with E-state index in [9.17, 15) is 4.39 Å². The van der Waals surface area contributed by atoms with E-state index in [1.165, 1.54) is 31.2 Å². The molecule has 0 amide bonds. The summed E-state index contributed by atoms with van der Waals surface area (Å²) in [5.74, 6) is 1.68. The Bertz CT molecular complexity index is 532. The molecule has 0 bridgehead atoms.